The Labute approximate surface area is 104 Å². The van der Waals surface area contributed by atoms with Gasteiger partial charge in [-0.3, -0.25) is 0 Å². The molecule has 1 saturated heterocycles. The van der Waals surface area contributed by atoms with Crippen LogP contribution in [0.1, 0.15) is 37.3 Å². The Hall–Kier alpha value is -0.800. The minimum atomic E-state index is 0.316. The van der Waals surface area contributed by atoms with Gasteiger partial charge in [-0.25, -0.2) is 0 Å². The molecule has 0 spiro atoms. The van der Waals surface area contributed by atoms with Gasteiger partial charge in [-0.15, -0.1) is 0 Å². The van der Waals surface area contributed by atoms with Gasteiger partial charge in [-0.2, -0.15) is 0 Å². The lowest BCUT2D eigenvalue weighted by atomic mass is 9.98. The third kappa shape index (κ3) is 3.58. The molecule has 2 atom stereocenters. The summed E-state index contributed by atoms with van der Waals surface area (Å²) in [7, 11) is 2.21. The van der Waals surface area contributed by atoms with E-state index in [0.717, 1.165) is 24.0 Å². The molecule has 2 heterocycles. The molecule has 0 amide bonds. The Bertz CT molecular complexity index is 348. The minimum Gasteiger partial charge on any atom is -0.465 e. The van der Waals surface area contributed by atoms with E-state index >= 15 is 0 Å². The molecule has 0 saturated carbocycles. The number of hydrogen-bond donors (Lipinski definition) is 1. The highest BCUT2D eigenvalue weighted by Gasteiger charge is 2.18. The van der Waals surface area contributed by atoms with E-state index in [1.807, 2.05) is 13.0 Å². The molecular weight excluding hydrogens is 212 g/mol. The average molecular weight is 236 g/mol. The molecule has 1 N–H and O–H groups in total. The Morgan fingerprint density at radius 3 is 3.00 bits per heavy atom. The number of aryl methyl sites for hydroxylation is 1. The van der Waals surface area contributed by atoms with Crippen molar-refractivity contribution in [2.75, 3.05) is 26.7 Å². The van der Waals surface area contributed by atoms with Crippen molar-refractivity contribution in [1.82, 2.24) is 10.2 Å². The van der Waals surface area contributed by atoms with Gasteiger partial charge in [0.1, 0.15) is 11.5 Å². The van der Waals surface area contributed by atoms with E-state index < -0.39 is 0 Å². The van der Waals surface area contributed by atoms with Crippen LogP contribution in [0.25, 0.3) is 0 Å². The Kier molecular flexibility index (Phi) is 4.24. The van der Waals surface area contributed by atoms with Crippen molar-refractivity contribution >= 4 is 0 Å². The smallest absolute Gasteiger partial charge is 0.120 e. The lowest BCUT2D eigenvalue weighted by Crippen LogP contribution is -2.37. The first-order valence-electron chi connectivity index (χ1n) is 6.63. The second kappa shape index (κ2) is 5.69. The molecule has 0 aliphatic carbocycles. The van der Waals surface area contributed by atoms with Crippen LogP contribution in [0.3, 0.4) is 0 Å². The van der Waals surface area contributed by atoms with Gasteiger partial charge in [-0.05, 0) is 64.9 Å². The van der Waals surface area contributed by atoms with Gasteiger partial charge >= 0.3 is 0 Å². The molecular formula is C14H24N2O. The molecule has 3 heteroatoms. The molecule has 0 aromatic carbocycles. The van der Waals surface area contributed by atoms with Crippen molar-refractivity contribution in [3.8, 4) is 0 Å². The highest BCUT2D eigenvalue weighted by Crippen LogP contribution is 2.18. The minimum absolute atomic E-state index is 0.316. The average Bonchev–Trinajstić information content (AvgIpc) is 2.73. The summed E-state index contributed by atoms with van der Waals surface area (Å²) < 4.78 is 5.63. The van der Waals surface area contributed by atoms with Crippen molar-refractivity contribution in [3.63, 3.8) is 0 Å². The molecule has 1 fully saturated rings. The molecule has 3 nitrogen and oxygen atoms in total. The molecule has 1 aliphatic heterocycles. The summed E-state index contributed by atoms with van der Waals surface area (Å²) in [5, 5.41) is 3.58. The van der Waals surface area contributed by atoms with Crippen LogP contribution in [0.5, 0.6) is 0 Å². The van der Waals surface area contributed by atoms with Crippen molar-refractivity contribution in [2.45, 2.75) is 32.7 Å². The van der Waals surface area contributed by atoms with E-state index in [2.05, 4.69) is 30.3 Å². The van der Waals surface area contributed by atoms with Crippen LogP contribution in [0.4, 0.5) is 0 Å². The van der Waals surface area contributed by atoms with Gasteiger partial charge in [-0.1, -0.05) is 0 Å². The number of likely N-dealkylation sites (tertiary alicyclic amines) is 1. The SMILES string of the molecule is Cc1ccc(C(C)NCC2CCCN(C)C2)o1. The zero-order chi connectivity index (χ0) is 12.3. The lowest BCUT2D eigenvalue weighted by molar-refractivity contribution is 0.202. The van der Waals surface area contributed by atoms with Crippen LogP contribution in [-0.4, -0.2) is 31.6 Å². The van der Waals surface area contributed by atoms with Crippen molar-refractivity contribution in [2.24, 2.45) is 5.92 Å². The largest absolute Gasteiger partial charge is 0.465 e. The fourth-order valence-corrected chi connectivity index (χ4v) is 2.57. The van der Waals surface area contributed by atoms with E-state index in [9.17, 15) is 0 Å². The second-order valence-corrected chi connectivity index (χ2v) is 5.35. The molecule has 1 aliphatic rings. The highest BCUT2D eigenvalue weighted by atomic mass is 16.3. The summed E-state index contributed by atoms with van der Waals surface area (Å²) in [5.41, 5.74) is 0. The third-order valence-corrected chi connectivity index (χ3v) is 3.62. The second-order valence-electron chi connectivity index (χ2n) is 5.35. The third-order valence-electron chi connectivity index (χ3n) is 3.62. The van der Waals surface area contributed by atoms with Crippen LogP contribution in [0.2, 0.25) is 0 Å². The number of piperidine rings is 1. The topological polar surface area (TPSA) is 28.4 Å². The molecule has 2 rings (SSSR count). The van der Waals surface area contributed by atoms with Gasteiger partial charge in [0, 0.05) is 6.54 Å². The Morgan fingerprint density at radius 2 is 2.35 bits per heavy atom. The van der Waals surface area contributed by atoms with Gasteiger partial charge in [0.2, 0.25) is 0 Å². The van der Waals surface area contributed by atoms with Crippen molar-refractivity contribution in [1.29, 1.82) is 0 Å². The van der Waals surface area contributed by atoms with Crippen LogP contribution >= 0.6 is 0 Å². The molecule has 17 heavy (non-hydrogen) atoms. The number of rotatable bonds is 4. The van der Waals surface area contributed by atoms with Crippen molar-refractivity contribution < 1.29 is 4.42 Å². The number of nitrogens with one attached hydrogen (secondary N) is 1. The molecule has 0 bridgehead atoms. The fourth-order valence-electron chi connectivity index (χ4n) is 2.57. The number of nitrogens with zero attached hydrogens (tertiary/aromatic N) is 1. The monoisotopic (exact) mass is 236 g/mol. The summed E-state index contributed by atoms with van der Waals surface area (Å²) in [6.45, 7) is 7.72. The standard InChI is InChI=1S/C14H24N2O/c1-11-6-7-14(17-11)12(2)15-9-13-5-4-8-16(3)10-13/h6-7,12-13,15H,4-5,8-10H2,1-3H3. The lowest BCUT2D eigenvalue weighted by Gasteiger charge is -2.30. The van der Waals surface area contributed by atoms with E-state index in [-0.39, 0.29) is 0 Å². The van der Waals surface area contributed by atoms with E-state index in [1.165, 1.54) is 25.9 Å². The van der Waals surface area contributed by atoms with Crippen LogP contribution in [-0.2, 0) is 0 Å². The molecule has 1 aromatic heterocycles. The van der Waals surface area contributed by atoms with E-state index in [1.54, 1.807) is 0 Å². The highest BCUT2D eigenvalue weighted by molar-refractivity contribution is 5.08. The van der Waals surface area contributed by atoms with Gasteiger partial charge < -0.3 is 14.6 Å². The van der Waals surface area contributed by atoms with Crippen molar-refractivity contribution in [3.05, 3.63) is 23.7 Å². The molecule has 1 aromatic rings. The maximum atomic E-state index is 5.63. The molecule has 96 valence electrons. The maximum Gasteiger partial charge on any atom is 0.120 e. The fraction of sp³-hybridized carbons (Fsp3) is 0.714. The maximum absolute atomic E-state index is 5.63. The number of hydrogen-bond acceptors (Lipinski definition) is 3. The first-order chi connectivity index (χ1) is 8.15. The zero-order valence-electron chi connectivity index (χ0n) is 11.2. The van der Waals surface area contributed by atoms with Gasteiger partial charge in [0.05, 0.1) is 6.04 Å². The first-order valence-corrected chi connectivity index (χ1v) is 6.63. The summed E-state index contributed by atoms with van der Waals surface area (Å²) in [4.78, 5) is 2.43. The summed E-state index contributed by atoms with van der Waals surface area (Å²) in [6, 6.07) is 4.41. The first kappa shape index (κ1) is 12.7. The quantitative estimate of drug-likeness (QED) is 0.871. The normalized spacial score (nSPS) is 23.8. The molecule has 2 unspecified atom stereocenters. The van der Waals surface area contributed by atoms with Crippen LogP contribution < -0.4 is 5.32 Å². The summed E-state index contributed by atoms with van der Waals surface area (Å²) in [6.07, 6.45) is 2.68. The summed E-state index contributed by atoms with van der Waals surface area (Å²) in [5.74, 6) is 2.82. The Balaban J connectivity index is 1.77. The predicted octanol–water partition coefficient (Wildman–Crippen LogP) is 2.58. The Morgan fingerprint density at radius 1 is 1.53 bits per heavy atom. The predicted molar refractivity (Wildman–Crippen MR) is 70.1 cm³/mol. The molecule has 0 radical (unpaired) electrons. The van der Waals surface area contributed by atoms with E-state index in [0.29, 0.717) is 6.04 Å². The van der Waals surface area contributed by atoms with Gasteiger partial charge in [0.15, 0.2) is 0 Å². The van der Waals surface area contributed by atoms with Gasteiger partial charge in [0.25, 0.3) is 0 Å². The van der Waals surface area contributed by atoms with E-state index in [4.69, 9.17) is 4.42 Å². The van der Waals surface area contributed by atoms with Crippen LogP contribution in [0.15, 0.2) is 16.5 Å². The zero-order valence-corrected chi connectivity index (χ0v) is 11.2. The van der Waals surface area contributed by atoms with Crippen LogP contribution in [0, 0.1) is 12.8 Å². The summed E-state index contributed by atoms with van der Waals surface area (Å²) >= 11 is 0. The number of furan rings is 1.